The highest BCUT2D eigenvalue weighted by Crippen LogP contribution is 2.45. The van der Waals surface area contributed by atoms with Crippen LogP contribution in [0.25, 0.3) is 22.2 Å². The summed E-state index contributed by atoms with van der Waals surface area (Å²) in [4.78, 5) is 26.6. The SMILES string of the molecule is COCOc1cc(Cl)c(C(F)(F)F)c(-c2ncc3c(N4CC5CCC(C4)N5C(=O)O)nc(S(C)(=O)=O)nc3c2F)c1. The van der Waals surface area contributed by atoms with Crippen LogP contribution in [0.3, 0.4) is 0 Å². The Morgan fingerprint density at radius 3 is 2.41 bits per heavy atom. The average Bonchev–Trinajstić information content (AvgIpc) is 3.15. The van der Waals surface area contributed by atoms with Crippen molar-refractivity contribution in [3.05, 3.63) is 34.7 Å². The Hall–Kier alpha value is -3.50. The fourth-order valence-electron chi connectivity index (χ4n) is 5.27. The zero-order valence-corrected chi connectivity index (χ0v) is 23.0. The Bertz CT molecular complexity index is 1640. The Labute approximate surface area is 235 Å². The second kappa shape index (κ2) is 10.4. The van der Waals surface area contributed by atoms with E-state index in [1.54, 1.807) is 4.90 Å². The molecule has 0 spiro atoms. The summed E-state index contributed by atoms with van der Waals surface area (Å²) < 4.78 is 93.3. The lowest BCUT2D eigenvalue weighted by atomic mass is 10.0. The first kappa shape index (κ1) is 29.0. The molecule has 1 N–H and O–H groups in total. The molecule has 11 nitrogen and oxygen atoms in total. The van der Waals surface area contributed by atoms with Crippen molar-refractivity contribution in [2.24, 2.45) is 0 Å². The van der Waals surface area contributed by atoms with Crippen molar-refractivity contribution in [2.45, 2.75) is 36.3 Å². The molecule has 5 rings (SSSR count). The van der Waals surface area contributed by atoms with Crippen molar-refractivity contribution in [2.75, 3.05) is 38.1 Å². The molecule has 41 heavy (non-hydrogen) atoms. The van der Waals surface area contributed by atoms with Gasteiger partial charge in [-0.2, -0.15) is 13.2 Å². The average molecular weight is 620 g/mol. The highest BCUT2D eigenvalue weighted by molar-refractivity contribution is 7.90. The molecule has 0 saturated carbocycles. The molecule has 2 aliphatic heterocycles. The Morgan fingerprint density at radius 1 is 1.20 bits per heavy atom. The Balaban J connectivity index is 1.72. The Morgan fingerprint density at radius 2 is 1.85 bits per heavy atom. The van der Waals surface area contributed by atoms with Crippen molar-refractivity contribution in [1.82, 2.24) is 19.9 Å². The number of hydrogen-bond donors (Lipinski definition) is 1. The third kappa shape index (κ3) is 5.30. The zero-order chi connectivity index (χ0) is 29.9. The van der Waals surface area contributed by atoms with Gasteiger partial charge < -0.3 is 19.5 Å². The van der Waals surface area contributed by atoms with E-state index in [4.69, 9.17) is 21.1 Å². The molecule has 2 aromatic heterocycles. The van der Waals surface area contributed by atoms with Crippen LogP contribution in [0.1, 0.15) is 18.4 Å². The number of carboxylic acid groups (broad SMARTS) is 1. The molecule has 4 heterocycles. The minimum Gasteiger partial charge on any atom is -0.467 e. The number of sulfone groups is 1. The fraction of sp³-hybridized carbons (Fsp3) is 0.417. The van der Waals surface area contributed by atoms with Crippen LogP contribution in [0.15, 0.2) is 23.5 Å². The lowest BCUT2D eigenvalue weighted by molar-refractivity contribution is -0.137. The van der Waals surface area contributed by atoms with Gasteiger partial charge in [-0.15, -0.1) is 0 Å². The van der Waals surface area contributed by atoms with Crippen molar-refractivity contribution in [1.29, 1.82) is 0 Å². The number of fused-ring (bicyclic) bond motifs is 3. The molecule has 2 saturated heterocycles. The van der Waals surface area contributed by atoms with E-state index in [2.05, 4.69) is 15.0 Å². The van der Waals surface area contributed by atoms with Crippen LogP contribution in [0.4, 0.5) is 28.2 Å². The number of methoxy groups -OCH3 is 1. The van der Waals surface area contributed by atoms with Gasteiger partial charge in [-0.05, 0) is 25.0 Å². The molecule has 3 aromatic rings. The highest BCUT2D eigenvalue weighted by atomic mass is 35.5. The van der Waals surface area contributed by atoms with Gasteiger partial charge in [0.1, 0.15) is 22.8 Å². The number of aromatic nitrogens is 3. The molecule has 2 unspecified atom stereocenters. The second-order valence-corrected chi connectivity index (χ2v) is 12.0. The molecule has 2 atom stereocenters. The first-order valence-corrected chi connectivity index (χ1v) is 14.3. The summed E-state index contributed by atoms with van der Waals surface area (Å²) >= 11 is 5.95. The first-order chi connectivity index (χ1) is 19.2. The summed E-state index contributed by atoms with van der Waals surface area (Å²) in [6.45, 7) is -0.0669. The monoisotopic (exact) mass is 619 g/mol. The van der Waals surface area contributed by atoms with Gasteiger partial charge in [0.05, 0.1) is 28.1 Å². The normalized spacial score (nSPS) is 19.2. The van der Waals surface area contributed by atoms with Gasteiger partial charge in [0.15, 0.2) is 12.6 Å². The van der Waals surface area contributed by atoms with Gasteiger partial charge in [0, 0.05) is 38.2 Å². The standard InChI is InChI=1S/C24H22ClF4N5O6S/c1-39-10-40-13-5-14(17(16(25)6-13)24(27,28)29)19-18(26)20-15(7-30-19)21(32-22(31-20)41(2,37)38)33-8-11-3-4-12(9-33)34(11)23(35)36/h5-7,11-12H,3-4,8-10H2,1-2H3,(H,35,36). The number of anilines is 1. The molecular formula is C24H22ClF4N5O6S. The number of ether oxygens (including phenoxy) is 2. The minimum absolute atomic E-state index is 0.0263. The van der Waals surface area contributed by atoms with E-state index < -0.39 is 72.5 Å². The topological polar surface area (TPSA) is 135 Å². The predicted octanol–water partition coefficient (Wildman–Crippen LogP) is 4.22. The van der Waals surface area contributed by atoms with Gasteiger partial charge in [-0.25, -0.2) is 27.6 Å². The van der Waals surface area contributed by atoms with Crippen molar-refractivity contribution in [3.8, 4) is 17.0 Å². The number of nitrogens with zero attached hydrogens (tertiary/aromatic N) is 5. The third-order valence-corrected chi connectivity index (χ3v) is 8.07. The predicted molar refractivity (Wildman–Crippen MR) is 137 cm³/mol. The summed E-state index contributed by atoms with van der Waals surface area (Å²) in [6, 6.07) is 0.967. The van der Waals surface area contributed by atoms with E-state index in [0.717, 1.165) is 24.6 Å². The van der Waals surface area contributed by atoms with Crippen LogP contribution in [0, 0.1) is 5.82 Å². The van der Waals surface area contributed by atoms with E-state index >= 15 is 4.39 Å². The zero-order valence-electron chi connectivity index (χ0n) is 21.4. The van der Waals surface area contributed by atoms with Crippen LogP contribution in [-0.4, -0.2) is 84.8 Å². The largest absolute Gasteiger partial charge is 0.467 e. The van der Waals surface area contributed by atoms with Gasteiger partial charge in [0.25, 0.3) is 0 Å². The highest BCUT2D eigenvalue weighted by Gasteiger charge is 2.44. The van der Waals surface area contributed by atoms with E-state index in [0.29, 0.717) is 12.8 Å². The molecule has 2 bridgehead atoms. The lowest BCUT2D eigenvalue weighted by Crippen LogP contribution is -2.55. The van der Waals surface area contributed by atoms with Gasteiger partial charge in [-0.1, -0.05) is 11.6 Å². The van der Waals surface area contributed by atoms with Gasteiger partial charge in [0.2, 0.25) is 15.0 Å². The van der Waals surface area contributed by atoms with E-state index in [1.807, 2.05) is 0 Å². The molecule has 2 fully saturated rings. The Kier molecular flexibility index (Phi) is 7.36. The van der Waals surface area contributed by atoms with Crippen LogP contribution in [0.2, 0.25) is 5.02 Å². The van der Waals surface area contributed by atoms with Gasteiger partial charge in [-0.3, -0.25) is 9.88 Å². The summed E-state index contributed by atoms with van der Waals surface area (Å²) in [5, 5.41) is 7.98. The minimum atomic E-state index is -5.02. The molecule has 1 amide bonds. The van der Waals surface area contributed by atoms with Crippen LogP contribution in [0.5, 0.6) is 5.75 Å². The number of piperazine rings is 1. The first-order valence-electron chi connectivity index (χ1n) is 12.1. The fourth-order valence-corrected chi connectivity index (χ4v) is 6.10. The molecular weight excluding hydrogens is 598 g/mol. The number of amides is 1. The maximum Gasteiger partial charge on any atom is 0.418 e. The number of alkyl halides is 3. The maximum atomic E-state index is 16.2. The second-order valence-electron chi connectivity index (χ2n) is 9.64. The summed E-state index contributed by atoms with van der Waals surface area (Å²) in [7, 11) is -2.82. The quantitative estimate of drug-likeness (QED) is 0.243. The molecule has 17 heteroatoms. The maximum absolute atomic E-state index is 16.2. The summed E-state index contributed by atoms with van der Waals surface area (Å²) in [6.07, 6.45) is -3.12. The van der Waals surface area contributed by atoms with E-state index in [9.17, 15) is 31.5 Å². The molecule has 0 radical (unpaired) electrons. The summed E-state index contributed by atoms with van der Waals surface area (Å²) in [5.41, 5.74) is -3.52. The van der Waals surface area contributed by atoms with E-state index in [1.165, 1.54) is 12.0 Å². The number of halogens is 5. The van der Waals surface area contributed by atoms with Crippen molar-refractivity contribution >= 4 is 44.3 Å². The van der Waals surface area contributed by atoms with Crippen molar-refractivity contribution in [3.63, 3.8) is 0 Å². The number of carbonyl (C=O) groups is 1. The van der Waals surface area contributed by atoms with Crippen molar-refractivity contribution < 1.29 is 45.4 Å². The number of rotatable bonds is 6. The van der Waals surface area contributed by atoms with Crippen LogP contribution in [-0.2, 0) is 20.8 Å². The lowest BCUT2D eigenvalue weighted by Gasteiger charge is -2.40. The van der Waals surface area contributed by atoms with Crippen LogP contribution < -0.4 is 9.64 Å². The van der Waals surface area contributed by atoms with Gasteiger partial charge >= 0.3 is 12.3 Å². The molecule has 0 aliphatic carbocycles. The van der Waals surface area contributed by atoms with E-state index in [-0.39, 0.29) is 36.8 Å². The molecule has 2 aliphatic rings. The molecule has 220 valence electrons. The van der Waals surface area contributed by atoms with Crippen LogP contribution >= 0.6 is 11.6 Å². The number of hydrogen-bond acceptors (Lipinski definition) is 9. The number of benzene rings is 1. The smallest absolute Gasteiger partial charge is 0.418 e. The third-order valence-electron chi connectivity index (χ3n) is 6.92. The summed E-state index contributed by atoms with van der Waals surface area (Å²) in [5.74, 6) is -1.52. The number of pyridine rings is 1. The molecule has 1 aromatic carbocycles.